The monoisotopic (exact) mass is 442 g/mol. The third-order valence-electron chi connectivity index (χ3n) is 4.94. The van der Waals surface area contributed by atoms with Crippen LogP contribution in [0.25, 0.3) is 21.9 Å². The van der Waals surface area contributed by atoms with Crippen molar-refractivity contribution in [2.45, 2.75) is 0 Å². The van der Waals surface area contributed by atoms with Crippen molar-refractivity contribution in [2.24, 2.45) is 0 Å². The number of ether oxygens (including phenoxy) is 1. The molecule has 0 radical (unpaired) electrons. The summed E-state index contributed by atoms with van der Waals surface area (Å²) in [7, 11) is 0. The van der Waals surface area contributed by atoms with Gasteiger partial charge in [-0.15, -0.1) is 0 Å². The van der Waals surface area contributed by atoms with Crippen LogP contribution in [0.4, 0.5) is 0 Å². The summed E-state index contributed by atoms with van der Waals surface area (Å²) in [5.74, 6) is -4.57. The van der Waals surface area contributed by atoms with Crippen molar-refractivity contribution >= 4 is 34.6 Å². The van der Waals surface area contributed by atoms with Crippen molar-refractivity contribution in [3.05, 3.63) is 95.6 Å². The first kappa shape index (κ1) is 21.3. The van der Waals surface area contributed by atoms with Gasteiger partial charge < -0.3 is 14.9 Å². The molecule has 1 aliphatic rings. The van der Waals surface area contributed by atoms with Gasteiger partial charge in [0.05, 0.1) is 22.3 Å². The highest BCUT2D eigenvalue weighted by molar-refractivity contribution is 6.26. The number of pyridine rings is 2. The van der Waals surface area contributed by atoms with Crippen molar-refractivity contribution in [1.29, 1.82) is 0 Å². The van der Waals surface area contributed by atoms with Gasteiger partial charge in [-0.25, -0.2) is 19.2 Å². The van der Waals surface area contributed by atoms with E-state index >= 15 is 0 Å². The molecule has 0 atom stereocenters. The normalized spacial score (nSPS) is 11.9. The van der Waals surface area contributed by atoms with Crippen LogP contribution in [-0.4, -0.2) is 44.1 Å². The highest BCUT2D eigenvalue weighted by Crippen LogP contribution is 2.33. The summed E-state index contributed by atoms with van der Waals surface area (Å²) in [5.41, 5.74) is 1.69. The molecule has 5 rings (SSSR count). The minimum absolute atomic E-state index is 0.00366. The number of aromatic carboxylic acids is 2. The van der Waals surface area contributed by atoms with Gasteiger partial charge in [0.2, 0.25) is 0 Å². The van der Waals surface area contributed by atoms with Crippen molar-refractivity contribution in [3.8, 4) is 11.1 Å². The average Bonchev–Trinajstić information content (AvgIpc) is 2.83. The third-order valence-corrected chi connectivity index (χ3v) is 4.94. The van der Waals surface area contributed by atoms with E-state index < -0.39 is 23.9 Å². The minimum atomic E-state index is -1.35. The van der Waals surface area contributed by atoms with Crippen LogP contribution in [-0.2, 0) is 4.74 Å². The fourth-order valence-electron chi connectivity index (χ4n) is 3.48. The number of hydrogen-bond acceptors (Lipinski definition) is 7. The lowest BCUT2D eigenvalue weighted by atomic mass is 9.90. The molecule has 0 amide bonds. The molecule has 0 bridgehead atoms. The van der Waals surface area contributed by atoms with Crippen molar-refractivity contribution in [3.63, 3.8) is 0 Å². The average molecular weight is 442 g/mol. The van der Waals surface area contributed by atoms with Gasteiger partial charge in [-0.1, -0.05) is 0 Å². The van der Waals surface area contributed by atoms with E-state index in [2.05, 4.69) is 14.7 Å². The van der Waals surface area contributed by atoms with Gasteiger partial charge in [0, 0.05) is 35.6 Å². The van der Waals surface area contributed by atoms with Gasteiger partial charge in [-0.05, 0) is 59.7 Å². The van der Waals surface area contributed by atoms with Crippen LogP contribution in [0, 0.1) is 0 Å². The number of carboxylic acids is 2. The molecule has 0 saturated carbocycles. The molecular formula is C24H14N2O7. The zero-order valence-electron chi connectivity index (χ0n) is 16.8. The number of nitrogens with zero attached hydrogens (tertiary/aromatic N) is 2. The molecule has 0 spiro atoms. The van der Waals surface area contributed by atoms with E-state index in [-0.39, 0.29) is 33.0 Å². The van der Waals surface area contributed by atoms with Crippen LogP contribution in [0.3, 0.4) is 0 Å². The molecule has 2 N–H and O–H groups in total. The minimum Gasteiger partial charge on any atom is -0.478 e. The SMILES string of the molecule is O=C(O)c1ccc2c3c(ccc(C(=O)O)c13)C(=O)OC2=O.c1cc(-c2ccncc2)ccn1. The Bertz CT molecular complexity index is 1310. The van der Waals surface area contributed by atoms with E-state index in [0.29, 0.717) is 0 Å². The van der Waals surface area contributed by atoms with Crippen LogP contribution in [0.2, 0.25) is 0 Å². The first-order chi connectivity index (χ1) is 15.9. The maximum absolute atomic E-state index is 11.7. The first-order valence-corrected chi connectivity index (χ1v) is 9.51. The van der Waals surface area contributed by atoms with E-state index in [9.17, 15) is 29.4 Å². The highest BCUT2D eigenvalue weighted by Gasteiger charge is 2.31. The first-order valence-electron chi connectivity index (χ1n) is 9.51. The lowest BCUT2D eigenvalue weighted by molar-refractivity contribution is 0.0389. The van der Waals surface area contributed by atoms with Gasteiger partial charge in [-0.3, -0.25) is 9.97 Å². The quantitative estimate of drug-likeness (QED) is 0.358. The number of rotatable bonds is 3. The van der Waals surface area contributed by atoms with E-state index in [1.807, 2.05) is 24.3 Å². The number of carbonyl (C=O) groups is 4. The summed E-state index contributed by atoms with van der Waals surface area (Å²) in [6.07, 6.45) is 7.15. The Morgan fingerprint density at radius 3 is 1.36 bits per heavy atom. The molecule has 0 saturated heterocycles. The molecule has 1 aliphatic heterocycles. The Balaban J connectivity index is 0.000000183. The maximum atomic E-state index is 11.7. The number of aromatic nitrogens is 2. The van der Waals surface area contributed by atoms with E-state index in [4.69, 9.17) is 0 Å². The standard InChI is InChI=1S/C14H6O7.C10H8N2/c15-11(16)5-1-3-7-10-8(14(20)21-13(7)19)4-2-6(9(5)10)12(17)18;1-5-11-6-2-9(1)10-3-7-12-8-4-10/h1-4H,(H,15,16)(H,17,18);1-8H. The fraction of sp³-hybridized carbons (Fsp3) is 0. The number of cyclic esters (lactones) is 2. The summed E-state index contributed by atoms with van der Waals surface area (Å²) in [6, 6.07) is 12.6. The number of carbonyl (C=O) groups excluding carboxylic acids is 2. The van der Waals surface area contributed by atoms with Gasteiger partial charge >= 0.3 is 23.9 Å². The number of esters is 2. The van der Waals surface area contributed by atoms with Crippen molar-refractivity contribution in [1.82, 2.24) is 9.97 Å². The zero-order chi connectivity index (χ0) is 23.5. The molecule has 4 aromatic rings. The molecule has 9 heteroatoms. The summed E-state index contributed by atoms with van der Waals surface area (Å²) >= 11 is 0. The van der Waals surface area contributed by atoms with Crippen LogP contribution in [0.5, 0.6) is 0 Å². The molecule has 0 unspecified atom stereocenters. The summed E-state index contributed by atoms with van der Waals surface area (Å²) in [5, 5.41) is 18.2. The number of carboxylic acid groups (broad SMARTS) is 2. The molecule has 162 valence electrons. The largest absolute Gasteiger partial charge is 0.478 e. The van der Waals surface area contributed by atoms with Gasteiger partial charge in [-0.2, -0.15) is 0 Å². The molecule has 9 nitrogen and oxygen atoms in total. The second kappa shape index (κ2) is 8.67. The molecule has 2 aromatic carbocycles. The predicted molar refractivity (Wildman–Crippen MR) is 115 cm³/mol. The van der Waals surface area contributed by atoms with E-state index in [1.54, 1.807) is 24.8 Å². The van der Waals surface area contributed by atoms with Gasteiger partial charge in [0.15, 0.2) is 0 Å². The Hall–Kier alpha value is -4.92. The second-order valence-corrected chi connectivity index (χ2v) is 6.83. The summed E-state index contributed by atoms with van der Waals surface area (Å²) < 4.78 is 4.53. The van der Waals surface area contributed by atoms with Gasteiger partial charge in [0.1, 0.15) is 0 Å². The fourth-order valence-corrected chi connectivity index (χ4v) is 3.48. The van der Waals surface area contributed by atoms with Crippen LogP contribution in [0.15, 0.2) is 73.3 Å². The Morgan fingerprint density at radius 2 is 1.00 bits per heavy atom. The van der Waals surface area contributed by atoms with E-state index in [1.165, 1.54) is 23.3 Å². The highest BCUT2D eigenvalue weighted by atomic mass is 16.6. The molecule has 2 aromatic heterocycles. The van der Waals surface area contributed by atoms with Crippen molar-refractivity contribution in [2.75, 3.05) is 0 Å². The lowest BCUT2D eigenvalue weighted by Gasteiger charge is -2.17. The Labute approximate surface area is 185 Å². The number of benzene rings is 2. The predicted octanol–water partition coefficient (Wildman–Crippen LogP) is 3.69. The van der Waals surface area contributed by atoms with Crippen LogP contribution >= 0.6 is 0 Å². The number of hydrogen-bond donors (Lipinski definition) is 2. The van der Waals surface area contributed by atoms with Crippen LogP contribution < -0.4 is 0 Å². The summed E-state index contributed by atoms with van der Waals surface area (Å²) in [4.78, 5) is 53.9. The van der Waals surface area contributed by atoms with Crippen molar-refractivity contribution < 1.29 is 34.1 Å². The molecule has 33 heavy (non-hydrogen) atoms. The molecule has 3 heterocycles. The summed E-state index contributed by atoms with van der Waals surface area (Å²) in [6.45, 7) is 0. The zero-order valence-corrected chi connectivity index (χ0v) is 16.8. The second-order valence-electron chi connectivity index (χ2n) is 6.83. The maximum Gasteiger partial charge on any atom is 0.346 e. The topological polar surface area (TPSA) is 144 Å². The molecule has 0 aliphatic carbocycles. The third kappa shape index (κ3) is 4.02. The Morgan fingerprint density at radius 1 is 0.606 bits per heavy atom. The molecule has 0 fully saturated rings. The van der Waals surface area contributed by atoms with Gasteiger partial charge in [0.25, 0.3) is 0 Å². The lowest BCUT2D eigenvalue weighted by Crippen LogP contribution is -2.21. The van der Waals surface area contributed by atoms with E-state index in [0.717, 1.165) is 12.1 Å². The molecular weight excluding hydrogens is 428 g/mol. The smallest absolute Gasteiger partial charge is 0.346 e. The van der Waals surface area contributed by atoms with Crippen LogP contribution in [0.1, 0.15) is 41.4 Å². The Kier molecular flexibility index (Phi) is 5.60.